The Hall–Kier alpha value is -2.42. The maximum atomic E-state index is 4.17. The molecule has 0 aliphatic carbocycles. The fraction of sp³-hybridized carbons (Fsp3) is 0.125. The van der Waals surface area contributed by atoms with Crippen LogP contribution in [0, 0.1) is 6.92 Å². The van der Waals surface area contributed by atoms with Gasteiger partial charge in [-0.3, -0.25) is 0 Å². The first-order chi connectivity index (χ1) is 9.24. The van der Waals surface area contributed by atoms with Gasteiger partial charge in [0.05, 0.1) is 5.52 Å². The van der Waals surface area contributed by atoms with Crippen LogP contribution in [0.3, 0.4) is 0 Å². The van der Waals surface area contributed by atoms with Crippen LogP contribution in [0.1, 0.15) is 18.1 Å². The molecular weight excluding hydrogens is 234 g/mol. The van der Waals surface area contributed by atoms with E-state index in [1.54, 1.807) is 0 Å². The third kappa shape index (κ3) is 2.27. The lowest BCUT2D eigenvalue weighted by atomic mass is 10.1. The molecule has 0 aliphatic heterocycles. The Balaban J connectivity index is 2.03. The van der Waals surface area contributed by atoms with Crippen LogP contribution in [-0.4, -0.2) is 15.0 Å². The average Bonchev–Trinajstić information content (AvgIpc) is 2.83. The summed E-state index contributed by atoms with van der Waals surface area (Å²) in [6.45, 7) is 4.18. The maximum absolute atomic E-state index is 4.17. The van der Waals surface area contributed by atoms with E-state index in [1.807, 2.05) is 35.1 Å². The fourth-order valence-electron chi connectivity index (χ4n) is 2.06. The second-order valence-corrected chi connectivity index (χ2v) is 4.70. The summed E-state index contributed by atoms with van der Waals surface area (Å²) in [5.41, 5.74) is 5.56. The first-order valence-corrected chi connectivity index (χ1v) is 6.29. The molecular formula is C16H15N3. The minimum Gasteiger partial charge on any atom is -0.220 e. The van der Waals surface area contributed by atoms with Crippen molar-refractivity contribution < 1.29 is 0 Å². The maximum Gasteiger partial charge on any atom is 0.113 e. The Morgan fingerprint density at radius 2 is 1.79 bits per heavy atom. The summed E-state index contributed by atoms with van der Waals surface area (Å²) in [7, 11) is 0. The monoisotopic (exact) mass is 249 g/mol. The summed E-state index contributed by atoms with van der Waals surface area (Å²) in [6.07, 6.45) is 2.01. The minimum absolute atomic E-state index is 0.912. The molecule has 0 unspecified atom stereocenters. The van der Waals surface area contributed by atoms with E-state index in [1.165, 1.54) is 11.1 Å². The molecule has 0 saturated carbocycles. The number of nitrogens with zero attached hydrogens (tertiary/aromatic N) is 3. The molecule has 3 rings (SSSR count). The molecule has 0 saturated heterocycles. The molecule has 2 aromatic carbocycles. The van der Waals surface area contributed by atoms with Gasteiger partial charge in [0.1, 0.15) is 5.52 Å². The third-order valence-electron chi connectivity index (χ3n) is 3.20. The molecule has 0 fully saturated rings. The van der Waals surface area contributed by atoms with Gasteiger partial charge < -0.3 is 0 Å². The minimum atomic E-state index is 0.912. The van der Waals surface area contributed by atoms with Crippen molar-refractivity contribution in [2.45, 2.75) is 13.8 Å². The number of aryl methyl sites for hydroxylation is 1. The normalized spacial score (nSPS) is 12.0. The smallest absolute Gasteiger partial charge is 0.113 e. The van der Waals surface area contributed by atoms with Crippen LogP contribution < -0.4 is 0 Å². The molecule has 0 bridgehead atoms. The number of fused-ring (bicyclic) bond motifs is 1. The van der Waals surface area contributed by atoms with Gasteiger partial charge in [0.25, 0.3) is 0 Å². The molecule has 1 aromatic heterocycles. The first kappa shape index (κ1) is 11.7. The van der Waals surface area contributed by atoms with Crippen molar-refractivity contribution in [3.05, 3.63) is 59.7 Å². The topological polar surface area (TPSA) is 30.7 Å². The summed E-state index contributed by atoms with van der Waals surface area (Å²) in [5.74, 6) is 0. The second kappa shape index (κ2) is 4.69. The summed E-state index contributed by atoms with van der Waals surface area (Å²) in [6, 6.07) is 16.4. The quantitative estimate of drug-likeness (QED) is 0.692. The fourth-order valence-corrected chi connectivity index (χ4v) is 2.06. The molecule has 0 atom stereocenters. The Labute approximate surface area is 112 Å². The lowest BCUT2D eigenvalue weighted by Gasteiger charge is -2.02. The van der Waals surface area contributed by atoms with Gasteiger partial charge in [0.2, 0.25) is 0 Å². The molecule has 1 heterocycles. The SMILES string of the molecule is C/C(=C/n1nnc2ccccc21)c1ccc(C)cc1. The van der Waals surface area contributed by atoms with Crippen molar-refractivity contribution in [2.24, 2.45) is 0 Å². The van der Waals surface area contributed by atoms with Gasteiger partial charge in [-0.05, 0) is 37.1 Å². The van der Waals surface area contributed by atoms with Gasteiger partial charge in [0.15, 0.2) is 0 Å². The molecule has 3 nitrogen and oxygen atoms in total. The van der Waals surface area contributed by atoms with Gasteiger partial charge in [0, 0.05) is 6.20 Å². The van der Waals surface area contributed by atoms with E-state index in [9.17, 15) is 0 Å². The van der Waals surface area contributed by atoms with E-state index in [2.05, 4.69) is 48.4 Å². The van der Waals surface area contributed by atoms with Crippen molar-refractivity contribution in [2.75, 3.05) is 0 Å². The van der Waals surface area contributed by atoms with E-state index < -0.39 is 0 Å². The lowest BCUT2D eigenvalue weighted by Crippen LogP contribution is -1.91. The van der Waals surface area contributed by atoms with E-state index in [0.29, 0.717) is 0 Å². The number of allylic oxidation sites excluding steroid dienone is 1. The van der Waals surface area contributed by atoms with Crippen LogP contribution in [-0.2, 0) is 0 Å². The zero-order valence-electron chi connectivity index (χ0n) is 11.0. The van der Waals surface area contributed by atoms with Crippen LogP contribution in [0.5, 0.6) is 0 Å². The van der Waals surface area contributed by atoms with Gasteiger partial charge in [-0.15, -0.1) is 5.10 Å². The zero-order valence-corrected chi connectivity index (χ0v) is 11.0. The highest BCUT2D eigenvalue weighted by molar-refractivity contribution is 5.81. The Bertz CT molecular complexity index is 736. The summed E-state index contributed by atoms with van der Waals surface area (Å²) in [4.78, 5) is 0. The van der Waals surface area contributed by atoms with E-state index in [0.717, 1.165) is 16.6 Å². The number of para-hydroxylation sites is 1. The average molecular weight is 249 g/mol. The number of rotatable bonds is 2. The van der Waals surface area contributed by atoms with Gasteiger partial charge in [-0.2, -0.15) is 0 Å². The summed E-state index contributed by atoms with van der Waals surface area (Å²) < 4.78 is 1.82. The van der Waals surface area contributed by atoms with Crippen LogP contribution >= 0.6 is 0 Å². The molecule has 19 heavy (non-hydrogen) atoms. The van der Waals surface area contributed by atoms with Crippen LogP contribution in [0.15, 0.2) is 48.5 Å². The molecule has 3 aromatic rings. The van der Waals surface area contributed by atoms with Crippen molar-refractivity contribution in [1.29, 1.82) is 0 Å². The number of aromatic nitrogens is 3. The molecule has 3 heteroatoms. The first-order valence-electron chi connectivity index (χ1n) is 6.29. The highest BCUT2D eigenvalue weighted by Crippen LogP contribution is 2.17. The lowest BCUT2D eigenvalue weighted by molar-refractivity contribution is 0.861. The van der Waals surface area contributed by atoms with Crippen molar-refractivity contribution in [3.63, 3.8) is 0 Å². The van der Waals surface area contributed by atoms with Crippen molar-refractivity contribution in [3.8, 4) is 0 Å². The van der Waals surface area contributed by atoms with E-state index in [4.69, 9.17) is 0 Å². The number of hydrogen-bond acceptors (Lipinski definition) is 2. The molecule has 0 radical (unpaired) electrons. The Kier molecular flexibility index (Phi) is 2.88. The van der Waals surface area contributed by atoms with Crippen molar-refractivity contribution >= 4 is 22.8 Å². The number of hydrogen-bond donors (Lipinski definition) is 0. The Morgan fingerprint density at radius 3 is 2.58 bits per heavy atom. The highest BCUT2D eigenvalue weighted by Gasteiger charge is 2.02. The Morgan fingerprint density at radius 1 is 1.05 bits per heavy atom. The molecule has 0 amide bonds. The highest BCUT2D eigenvalue weighted by atomic mass is 15.4. The van der Waals surface area contributed by atoms with Gasteiger partial charge in [-0.25, -0.2) is 4.68 Å². The van der Waals surface area contributed by atoms with Crippen molar-refractivity contribution in [1.82, 2.24) is 15.0 Å². The molecule has 0 spiro atoms. The molecule has 0 aliphatic rings. The predicted molar refractivity (Wildman–Crippen MR) is 78.5 cm³/mol. The van der Waals surface area contributed by atoms with Gasteiger partial charge in [-0.1, -0.05) is 47.2 Å². The van der Waals surface area contributed by atoms with Gasteiger partial charge >= 0.3 is 0 Å². The molecule has 0 N–H and O–H groups in total. The zero-order chi connectivity index (χ0) is 13.2. The predicted octanol–water partition coefficient (Wildman–Crippen LogP) is 3.76. The standard InChI is InChI=1S/C16H15N3/c1-12-7-9-14(10-8-12)13(2)11-19-16-6-4-3-5-15(16)17-18-19/h3-11H,1-2H3/b13-11-. The molecule has 94 valence electrons. The van der Waals surface area contributed by atoms with E-state index >= 15 is 0 Å². The largest absolute Gasteiger partial charge is 0.220 e. The van der Waals surface area contributed by atoms with Crippen LogP contribution in [0.25, 0.3) is 22.8 Å². The number of benzene rings is 2. The van der Waals surface area contributed by atoms with Crippen LogP contribution in [0.2, 0.25) is 0 Å². The van der Waals surface area contributed by atoms with E-state index in [-0.39, 0.29) is 0 Å². The second-order valence-electron chi connectivity index (χ2n) is 4.70. The summed E-state index contributed by atoms with van der Waals surface area (Å²) in [5, 5.41) is 8.32. The van der Waals surface area contributed by atoms with Crippen LogP contribution in [0.4, 0.5) is 0 Å². The summed E-state index contributed by atoms with van der Waals surface area (Å²) >= 11 is 0. The third-order valence-corrected chi connectivity index (χ3v) is 3.20.